The molecule has 88 valence electrons. The van der Waals surface area contributed by atoms with Gasteiger partial charge in [-0.2, -0.15) is 4.98 Å². The van der Waals surface area contributed by atoms with Gasteiger partial charge >= 0.3 is 11.9 Å². The molecule has 0 fully saturated rings. The lowest BCUT2D eigenvalue weighted by Gasteiger charge is -1.94. The van der Waals surface area contributed by atoms with Crippen molar-refractivity contribution in [1.82, 2.24) is 15.1 Å². The fourth-order valence-electron chi connectivity index (χ4n) is 1.27. The summed E-state index contributed by atoms with van der Waals surface area (Å²) in [5, 5.41) is 3.69. The summed E-state index contributed by atoms with van der Waals surface area (Å²) in [6.45, 7) is 1.99. The van der Waals surface area contributed by atoms with Crippen molar-refractivity contribution >= 4 is 5.97 Å². The zero-order valence-corrected chi connectivity index (χ0v) is 9.29. The van der Waals surface area contributed by atoms with Gasteiger partial charge < -0.3 is 9.26 Å². The van der Waals surface area contributed by atoms with Crippen LogP contribution in [0.25, 0.3) is 0 Å². The molecule has 0 spiro atoms. The van der Waals surface area contributed by atoms with Crippen LogP contribution in [-0.2, 0) is 11.2 Å². The molecule has 0 aliphatic carbocycles. The van der Waals surface area contributed by atoms with Crippen LogP contribution >= 0.6 is 0 Å². The van der Waals surface area contributed by atoms with E-state index in [-0.39, 0.29) is 12.5 Å². The number of pyridine rings is 1. The second kappa shape index (κ2) is 5.20. The Balaban J connectivity index is 2.06. The summed E-state index contributed by atoms with van der Waals surface area (Å²) >= 11 is 0. The third-order valence-corrected chi connectivity index (χ3v) is 1.98. The molecule has 0 unspecified atom stereocenters. The molecule has 2 heterocycles. The first-order valence-electron chi connectivity index (χ1n) is 5.19. The molecule has 0 aliphatic heterocycles. The Morgan fingerprint density at radius 3 is 3.06 bits per heavy atom. The first-order chi connectivity index (χ1) is 8.29. The summed E-state index contributed by atoms with van der Waals surface area (Å²) in [4.78, 5) is 19.3. The van der Waals surface area contributed by atoms with Gasteiger partial charge in [0, 0.05) is 11.9 Å². The van der Waals surface area contributed by atoms with Crippen LogP contribution in [0.5, 0.6) is 0 Å². The van der Waals surface area contributed by atoms with Crippen LogP contribution in [0.2, 0.25) is 0 Å². The number of esters is 1. The number of carbonyl (C=O) groups excluding carboxylic acids is 1. The number of carbonyl (C=O) groups is 1. The lowest BCUT2D eigenvalue weighted by atomic mass is 10.3. The van der Waals surface area contributed by atoms with Gasteiger partial charge in [-0.15, -0.1) is 0 Å². The summed E-state index contributed by atoms with van der Waals surface area (Å²) in [5.74, 6) is -0.322. The predicted octanol–water partition coefficient (Wildman–Crippen LogP) is 1.23. The molecule has 6 nitrogen and oxygen atoms in total. The number of ether oxygens (including phenoxy) is 1. The Kier molecular flexibility index (Phi) is 3.44. The molecule has 0 N–H and O–H groups in total. The van der Waals surface area contributed by atoms with Gasteiger partial charge in [-0.1, -0.05) is 11.2 Å². The molecule has 2 rings (SSSR count). The number of hydrogen-bond acceptors (Lipinski definition) is 6. The Labute approximate surface area is 97.6 Å². The Morgan fingerprint density at radius 1 is 1.47 bits per heavy atom. The van der Waals surface area contributed by atoms with E-state index in [2.05, 4.69) is 15.1 Å². The molecule has 0 radical (unpaired) electrons. The summed E-state index contributed by atoms with van der Waals surface area (Å²) < 4.78 is 9.53. The van der Waals surface area contributed by atoms with Crippen molar-refractivity contribution in [2.45, 2.75) is 13.3 Å². The van der Waals surface area contributed by atoms with Crippen molar-refractivity contribution < 1.29 is 14.1 Å². The van der Waals surface area contributed by atoms with Gasteiger partial charge in [0.15, 0.2) is 5.82 Å². The molecule has 0 aliphatic rings. The molecule has 0 aromatic carbocycles. The van der Waals surface area contributed by atoms with E-state index >= 15 is 0 Å². The zero-order valence-electron chi connectivity index (χ0n) is 9.29. The first kappa shape index (κ1) is 11.3. The molecule has 6 heteroatoms. The average Bonchev–Trinajstić information content (AvgIpc) is 2.79. The summed E-state index contributed by atoms with van der Waals surface area (Å²) in [6, 6.07) is 5.54. The van der Waals surface area contributed by atoms with Gasteiger partial charge in [-0.25, -0.2) is 4.79 Å². The fraction of sp³-hybridized carbons (Fsp3) is 0.273. The first-order valence-corrected chi connectivity index (χ1v) is 5.19. The van der Waals surface area contributed by atoms with Gasteiger partial charge in [0.05, 0.1) is 13.0 Å². The maximum atomic E-state index is 11.3. The van der Waals surface area contributed by atoms with Gasteiger partial charge in [0.1, 0.15) is 0 Å². The molecular weight excluding hydrogens is 222 g/mol. The van der Waals surface area contributed by atoms with Crippen LogP contribution in [0, 0.1) is 0 Å². The molecule has 2 aromatic heterocycles. The van der Waals surface area contributed by atoms with Crippen molar-refractivity contribution in [3.8, 4) is 0 Å². The van der Waals surface area contributed by atoms with Crippen LogP contribution in [0.3, 0.4) is 0 Å². The van der Waals surface area contributed by atoms with Gasteiger partial charge in [0.2, 0.25) is 0 Å². The topological polar surface area (TPSA) is 78.1 Å². The number of aromatic nitrogens is 3. The third kappa shape index (κ3) is 2.87. The second-order valence-corrected chi connectivity index (χ2v) is 3.23. The predicted molar refractivity (Wildman–Crippen MR) is 57.3 cm³/mol. The van der Waals surface area contributed by atoms with Crippen LogP contribution in [0.15, 0.2) is 28.9 Å². The fourth-order valence-corrected chi connectivity index (χ4v) is 1.27. The highest BCUT2D eigenvalue weighted by Gasteiger charge is 2.16. The highest BCUT2D eigenvalue weighted by molar-refractivity contribution is 5.83. The second-order valence-electron chi connectivity index (χ2n) is 3.23. The molecule has 17 heavy (non-hydrogen) atoms. The van der Waals surface area contributed by atoms with Crippen LogP contribution < -0.4 is 0 Å². The van der Waals surface area contributed by atoms with Crippen LogP contribution in [0.1, 0.15) is 29.1 Å². The van der Waals surface area contributed by atoms with Crippen molar-refractivity contribution in [3.05, 3.63) is 41.8 Å². The van der Waals surface area contributed by atoms with E-state index in [4.69, 9.17) is 9.26 Å². The summed E-state index contributed by atoms with van der Waals surface area (Å²) in [5.41, 5.74) is 0.809. The van der Waals surface area contributed by atoms with E-state index < -0.39 is 5.97 Å². The minimum Gasteiger partial charge on any atom is -0.459 e. The van der Waals surface area contributed by atoms with E-state index in [1.807, 2.05) is 18.2 Å². The normalized spacial score (nSPS) is 10.2. The van der Waals surface area contributed by atoms with E-state index in [9.17, 15) is 4.79 Å². The van der Waals surface area contributed by atoms with Crippen LogP contribution in [0.4, 0.5) is 0 Å². The lowest BCUT2D eigenvalue weighted by molar-refractivity contribution is 0.0470. The van der Waals surface area contributed by atoms with Crippen molar-refractivity contribution in [1.29, 1.82) is 0 Å². The monoisotopic (exact) mass is 233 g/mol. The smallest absolute Gasteiger partial charge is 0.397 e. The number of rotatable bonds is 4. The van der Waals surface area contributed by atoms with Crippen LogP contribution in [-0.4, -0.2) is 27.7 Å². The molecule has 0 bridgehead atoms. The standard InChI is InChI=1S/C11H11N3O3/c1-2-16-11(15)10-13-9(14-17-10)7-8-5-3-4-6-12-8/h3-6H,2,7H2,1H3. The molecule has 0 amide bonds. The highest BCUT2D eigenvalue weighted by Crippen LogP contribution is 2.05. The summed E-state index contributed by atoms with van der Waals surface area (Å²) in [6.07, 6.45) is 2.10. The maximum Gasteiger partial charge on any atom is 0.397 e. The lowest BCUT2D eigenvalue weighted by Crippen LogP contribution is -2.05. The molecule has 2 aromatic rings. The van der Waals surface area contributed by atoms with E-state index in [1.54, 1.807) is 13.1 Å². The van der Waals surface area contributed by atoms with Crippen molar-refractivity contribution in [2.24, 2.45) is 0 Å². The van der Waals surface area contributed by atoms with E-state index in [0.29, 0.717) is 12.2 Å². The summed E-state index contributed by atoms with van der Waals surface area (Å²) in [7, 11) is 0. The van der Waals surface area contributed by atoms with Crippen molar-refractivity contribution in [3.63, 3.8) is 0 Å². The quantitative estimate of drug-likeness (QED) is 0.739. The molecule has 0 saturated heterocycles. The van der Waals surface area contributed by atoms with Gasteiger partial charge in [-0.3, -0.25) is 4.98 Å². The maximum absolute atomic E-state index is 11.3. The molecule has 0 atom stereocenters. The van der Waals surface area contributed by atoms with Gasteiger partial charge in [0.25, 0.3) is 0 Å². The van der Waals surface area contributed by atoms with Crippen molar-refractivity contribution in [2.75, 3.05) is 6.61 Å². The Morgan fingerprint density at radius 2 is 2.35 bits per heavy atom. The highest BCUT2D eigenvalue weighted by atomic mass is 16.6. The number of hydrogen-bond donors (Lipinski definition) is 0. The number of nitrogens with zero attached hydrogens (tertiary/aromatic N) is 3. The molecular formula is C11H11N3O3. The Bertz CT molecular complexity index is 496. The zero-order chi connectivity index (χ0) is 12.1. The molecule has 0 saturated carbocycles. The SMILES string of the molecule is CCOC(=O)c1nc(Cc2ccccn2)no1. The third-order valence-electron chi connectivity index (χ3n) is 1.98. The van der Waals surface area contributed by atoms with E-state index in [0.717, 1.165) is 5.69 Å². The van der Waals surface area contributed by atoms with E-state index in [1.165, 1.54) is 0 Å². The Hall–Kier alpha value is -2.24. The average molecular weight is 233 g/mol. The minimum atomic E-state index is -0.604. The van der Waals surface area contributed by atoms with Gasteiger partial charge in [-0.05, 0) is 19.1 Å². The largest absolute Gasteiger partial charge is 0.459 e. The minimum absolute atomic E-state index is 0.127.